The van der Waals surface area contributed by atoms with Crippen molar-refractivity contribution in [2.24, 2.45) is 0 Å². The van der Waals surface area contributed by atoms with Crippen molar-refractivity contribution in [1.29, 1.82) is 0 Å². The van der Waals surface area contributed by atoms with Crippen LogP contribution < -0.4 is 14.8 Å². The second kappa shape index (κ2) is 10.6. The van der Waals surface area contributed by atoms with Crippen LogP contribution in [0.2, 0.25) is 5.02 Å². The average Bonchev–Trinajstić information content (AvgIpc) is 2.71. The fourth-order valence-corrected chi connectivity index (χ4v) is 3.07. The zero-order chi connectivity index (χ0) is 20.5. The van der Waals surface area contributed by atoms with Crippen LogP contribution >= 0.6 is 11.6 Å². The van der Waals surface area contributed by atoms with Gasteiger partial charge in [-0.3, -0.25) is 4.79 Å². The largest absolute Gasteiger partial charge is 0.493 e. The van der Waals surface area contributed by atoms with Gasteiger partial charge < -0.3 is 19.5 Å². The molecular formula is C21H24ClNO5. The van der Waals surface area contributed by atoms with E-state index in [2.05, 4.69) is 5.32 Å². The lowest BCUT2D eigenvalue weighted by Gasteiger charge is -2.18. The third kappa shape index (κ3) is 5.63. The van der Waals surface area contributed by atoms with E-state index >= 15 is 0 Å². The number of hydrogen-bond donors (Lipinski definition) is 1. The number of hydrogen-bond acceptors (Lipinski definition) is 5. The van der Waals surface area contributed by atoms with Crippen LogP contribution in [0.1, 0.15) is 41.7 Å². The molecule has 2 aromatic rings. The highest BCUT2D eigenvalue weighted by atomic mass is 35.5. The van der Waals surface area contributed by atoms with Gasteiger partial charge in [0, 0.05) is 0 Å². The van der Waals surface area contributed by atoms with Crippen molar-refractivity contribution in [3.05, 3.63) is 58.6 Å². The lowest BCUT2D eigenvalue weighted by atomic mass is 10.0. The first-order valence-electron chi connectivity index (χ1n) is 8.93. The average molecular weight is 406 g/mol. The summed E-state index contributed by atoms with van der Waals surface area (Å²) in [4.78, 5) is 24.6. The Bertz CT molecular complexity index is 810. The molecule has 0 saturated heterocycles. The van der Waals surface area contributed by atoms with Gasteiger partial charge in [0.2, 0.25) is 0 Å². The molecule has 1 atom stereocenters. The Kier molecular flexibility index (Phi) is 8.14. The molecule has 28 heavy (non-hydrogen) atoms. The Morgan fingerprint density at radius 1 is 1.11 bits per heavy atom. The molecular weight excluding hydrogens is 382 g/mol. The van der Waals surface area contributed by atoms with Crippen molar-refractivity contribution in [2.75, 3.05) is 20.8 Å². The maximum Gasteiger partial charge on any atom is 0.338 e. The Morgan fingerprint density at radius 2 is 1.82 bits per heavy atom. The Hall–Kier alpha value is -2.73. The number of carbonyl (C=O) groups is 2. The highest BCUT2D eigenvalue weighted by Crippen LogP contribution is 2.36. The fourth-order valence-electron chi connectivity index (χ4n) is 2.78. The van der Waals surface area contributed by atoms with Crippen molar-refractivity contribution < 1.29 is 23.8 Å². The molecule has 6 nitrogen and oxygen atoms in total. The van der Waals surface area contributed by atoms with Gasteiger partial charge in [-0.25, -0.2) is 4.79 Å². The topological polar surface area (TPSA) is 73.9 Å². The van der Waals surface area contributed by atoms with Crippen LogP contribution in [0.5, 0.6) is 11.5 Å². The van der Waals surface area contributed by atoms with Crippen molar-refractivity contribution in [1.82, 2.24) is 5.32 Å². The summed E-state index contributed by atoms with van der Waals surface area (Å²) in [5, 5.41) is 3.12. The van der Waals surface area contributed by atoms with Crippen LogP contribution in [0.3, 0.4) is 0 Å². The first kappa shape index (κ1) is 21.6. The lowest BCUT2D eigenvalue weighted by Crippen LogP contribution is -2.32. The maximum atomic E-state index is 12.3. The summed E-state index contributed by atoms with van der Waals surface area (Å²) in [6, 6.07) is 12.4. The highest BCUT2D eigenvalue weighted by molar-refractivity contribution is 6.32. The number of amides is 1. The van der Waals surface area contributed by atoms with Gasteiger partial charge in [0.1, 0.15) is 0 Å². The SMILES string of the molecule is CCC[C@H](NC(=O)COC(=O)c1cc(Cl)c(OC)c(OC)c1)c1ccccc1. The van der Waals surface area contributed by atoms with E-state index in [1.165, 1.54) is 26.4 Å². The fraction of sp³-hybridized carbons (Fsp3) is 0.333. The normalized spacial score (nSPS) is 11.4. The summed E-state index contributed by atoms with van der Waals surface area (Å²) in [6.07, 6.45) is 1.69. The van der Waals surface area contributed by atoms with Crippen LogP contribution in [-0.4, -0.2) is 32.7 Å². The minimum Gasteiger partial charge on any atom is -0.493 e. The molecule has 2 aromatic carbocycles. The molecule has 0 fully saturated rings. The van der Waals surface area contributed by atoms with Crippen molar-refractivity contribution in [3.63, 3.8) is 0 Å². The number of methoxy groups -OCH3 is 2. The molecule has 2 rings (SSSR count). The number of benzene rings is 2. The Morgan fingerprint density at radius 3 is 2.43 bits per heavy atom. The molecule has 1 amide bonds. The van der Waals surface area contributed by atoms with E-state index in [4.69, 9.17) is 25.8 Å². The van der Waals surface area contributed by atoms with Gasteiger partial charge in [-0.15, -0.1) is 0 Å². The van der Waals surface area contributed by atoms with Gasteiger partial charge in [0.25, 0.3) is 5.91 Å². The number of rotatable bonds is 9. The highest BCUT2D eigenvalue weighted by Gasteiger charge is 2.18. The molecule has 0 unspecified atom stereocenters. The number of esters is 1. The van der Waals surface area contributed by atoms with Gasteiger partial charge in [-0.2, -0.15) is 0 Å². The first-order valence-corrected chi connectivity index (χ1v) is 9.30. The predicted molar refractivity (Wildman–Crippen MR) is 107 cm³/mol. The third-order valence-corrected chi connectivity index (χ3v) is 4.40. The number of carbonyl (C=O) groups excluding carboxylic acids is 2. The van der Waals surface area contributed by atoms with E-state index in [1.54, 1.807) is 0 Å². The second-order valence-electron chi connectivity index (χ2n) is 6.09. The van der Waals surface area contributed by atoms with Crippen LogP contribution in [0.4, 0.5) is 0 Å². The Balaban J connectivity index is 2.00. The molecule has 150 valence electrons. The molecule has 0 aliphatic rings. The minimum atomic E-state index is -0.676. The number of halogens is 1. The van der Waals surface area contributed by atoms with Crippen molar-refractivity contribution in [2.45, 2.75) is 25.8 Å². The molecule has 0 aliphatic carbocycles. The number of nitrogens with one attached hydrogen (secondary N) is 1. The van der Waals surface area contributed by atoms with E-state index in [9.17, 15) is 9.59 Å². The third-order valence-electron chi connectivity index (χ3n) is 4.12. The zero-order valence-corrected chi connectivity index (χ0v) is 16.9. The number of ether oxygens (including phenoxy) is 3. The summed E-state index contributed by atoms with van der Waals surface area (Å²) in [7, 11) is 2.89. The second-order valence-corrected chi connectivity index (χ2v) is 6.50. The van der Waals surface area contributed by atoms with Crippen LogP contribution in [-0.2, 0) is 9.53 Å². The molecule has 7 heteroatoms. The quantitative estimate of drug-likeness (QED) is 0.634. The summed E-state index contributed by atoms with van der Waals surface area (Å²) in [5.41, 5.74) is 1.18. The summed E-state index contributed by atoms with van der Waals surface area (Å²) in [6.45, 7) is 1.65. The molecule has 0 radical (unpaired) electrons. The smallest absolute Gasteiger partial charge is 0.338 e. The summed E-state index contributed by atoms with van der Waals surface area (Å²) >= 11 is 6.10. The summed E-state index contributed by atoms with van der Waals surface area (Å²) in [5.74, 6) is -0.422. The van der Waals surface area contributed by atoms with Crippen molar-refractivity contribution >= 4 is 23.5 Å². The molecule has 0 spiro atoms. The monoisotopic (exact) mass is 405 g/mol. The van der Waals surface area contributed by atoms with Gasteiger partial charge >= 0.3 is 5.97 Å². The molecule has 1 N–H and O–H groups in total. The zero-order valence-electron chi connectivity index (χ0n) is 16.2. The van der Waals surface area contributed by atoms with Gasteiger partial charge in [-0.05, 0) is 24.1 Å². The summed E-state index contributed by atoms with van der Waals surface area (Å²) < 4.78 is 15.4. The van der Waals surface area contributed by atoms with Crippen LogP contribution in [0.15, 0.2) is 42.5 Å². The van der Waals surface area contributed by atoms with Crippen LogP contribution in [0, 0.1) is 0 Å². The van der Waals surface area contributed by atoms with E-state index in [0.717, 1.165) is 18.4 Å². The van der Waals surface area contributed by atoms with Gasteiger partial charge in [0.05, 0.1) is 30.8 Å². The first-order chi connectivity index (χ1) is 13.5. The maximum absolute atomic E-state index is 12.3. The van der Waals surface area contributed by atoms with E-state index < -0.39 is 12.6 Å². The molecule has 0 bridgehead atoms. The van der Waals surface area contributed by atoms with E-state index in [0.29, 0.717) is 11.5 Å². The van der Waals surface area contributed by atoms with Gasteiger partial charge in [-0.1, -0.05) is 55.3 Å². The van der Waals surface area contributed by atoms with Gasteiger partial charge in [0.15, 0.2) is 18.1 Å². The predicted octanol–water partition coefficient (Wildman–Crippen LogP) is 4.17. The Labute approximate surface area is 169 Å². The minimum absolute atomic E-state index is 0.132. The van der Waals surface area contributed by atoms with E-state index in [1.807, 2.05) is 37.3 Å². The molecule has 0 aliphatic heterocycles. The van der Waals surface area contributed by atoms with E-state index in [-0.39, 0.29) is 22.5 Å². The van der Waals surface area contributed by atoms with Crippen molar-refractivity contribution in [3.8, 4) is 11.5 Å². The molecule has 0 saturated carbocycles. The molecule has 0 heterocycles. The molecule has 0 aromatic heterocycles. The standard InChI is InChI=1S/C21H24ClNO5/c1-4-8-17(14-9-6-5-7-10-14)23-19(24)13-28-21(25)15-11-16(22)20(27-3)18(12-15)26-2/h5-7,9-12,17H,4,8,13H2,1-3H3,(H,23,24)/t17-/m0/s1. The van der Waals surface area contributed by atoms with Crippen LogP contribution in [0.25, 0.3) is 0 Å². The lowest BCUT2D eigenvalue weighted by molar-refractivity contribution is -0.125.